The van der Waals surface area contributed by atoms with Crippen LogP contribution in [0.1, 0.15) is 99.8 Å². The zero-order valence-corrected chi connectivity index (χ0v) is 48.8. The van der Waals surface area contributed by atoms with Crippen LogP contribution in [0.3, 0.4) is 0 Å². The van der Waals surface area contributed by atoms with Crippen LogP contribution in [0.2, 0.25) is 10.0 Å². The highest BCUT2D eigenvalue weighted by molar-refractivity contribution is 7.92. The van der Waals surface area contributed by atoms with Crippen LogP contribution in [0.4, 0.5) is 37.4 Å². The van der Waals surface area contributed by atoms with E-state index in [0.717, 1.165) is 0 Å². The second-order valence-electron chi connectivity index (χ2n) is 20.1. The molecule has 4 aromatic rings. The molecule has 0 bridgehead atoms. The van der Waals surface area contributed by atoms with Gasteiger partial charge in [-0.25, -0.2) is 41.2 Å². The lowest BCUT2D eigenvalue weighted by Crippen LogP contribution is -2.44. The van der Waals surface area contributed by atoms with Gasteiger partial charge in [-0.3, -0.25) is 0 Å². The van der Waals surface area contributed by atoms with Crippen molar-refractivity contribution >= 4 is 95.1 Å². The molecule has 2 aliphatic carbocycles. The minimum Gasteiger partial charge on any atom is -0.489 e. The van der Waals surface area contributed by atoms with Gasteiger partial charge in [0.15, 0.2) is 31.3 Å². The Morgan fingerprint density at radius 1 is 0.603 bits per heavy atom. The summed E-state index contributed by atoms with van der Waals surface area (Å²) in [6, 6.07) is 9.16. The van der Waals surface area contributed by atoms with E-state index in [1.54, 1.807) is 35.8 Å². The first kappa shape index (κ1) is 61.4. The van der Waals surface area contributed by atoms with Crippen LogP contribution in [-0.4, -0.2) is 145 Å². The van der Waals surface area contributed by atoms with Gasteiger partial charge in [0, 0.05) is 63.5 Å². The van der Waals surface area contributed by atoms with Gasteiger partial charge in [0.25, 0.3) is 11.8 Å². The SMILES string of the molecule is CC(C)OC(=O)Cl.COc1c(Nc2ccc(S(=O)(=O)C3CC3)cc2Cl)ncnc1OC1CCN(C(=O)OC(C)(C)C)CC1.COc1c(Nc2ccc(S(=O)(=O)C3CC3)cc2Cl)ncnc1OC1CCN(C(=O)OC(C)C)CC1. The van der Waals surface area contributed by atoms with Crippen LogP contribution in [0.25, 0.3) is 0 Å². The number of nitrogens with one attached hydrogen (secondary N) is 2. The molecular weight excluding hydrogens is 1120 g/mol. The first-order valence-electron chi connectivity index (χ1n) is 25.3. The van der Waals surface area contributed by atoms with Crippen LogP contribution < -0.4 is 29.6 Å². The lowest BCUT2D eigenvalue weighted by atomic mass is 10.1. The minimum absolute atomic E-state index is 0.106. The number of carbonyl (C=O) groups is 3. The molecule has 4 aliphatic rings. The molecule has 2 amide bonds. The number of anilines is 4. The lowest BCUT2D eigenvalue weighted by Gasteiger charge is -2.33. The molecule has 0 unspecified atom stereocenters. The van der Waals surface area contributed by atoms with Crippen molar-refractivity contribution in [3.8, 4) is 23.3 Å². The van der Waals surface area contributed by atoms with Crippen molar-refractivity contribution in [3.63, 3.8) is 0 Å². The van der Waals surface area contributed by atoms with Crippen LogP contribution in [-0.2, 0) is 33.9 Å². The summed E-state index contributed by atoms with van der Waals surface area (Å²) in [4.78, 5) is 54.9. The summed E-state index contributed by atoms with van der Waals surface area (Å²) >= 11 is 17.6. The van der Waals surface area contributed by atoms with Gasteiger partial charge in [0.2, 0.25) is 11.5 Å². The Morgan fingerprint density at radius 2 is 0.987 bits per heavy atom. The Labute approximate surface area is 470 Å². The van der Waals surface area contributed by atoms with Gasteiger partial charge in [-0.1, -0.05) is 23.2 Å². The number of ether oxygens (including phenoxy) is 7. The first-order valence-corrected chi connectivity index (χ1v) is 29.5. The highest BCUT2D eigenvalue weighted by Gasteiger charge is 2.38. The van der Waals surface area contributed by atoms with Crippen molar-refractivity contribution in [1.29, 1.82) is 0 Å². The molecule has 0 spiro atoms. The molecule has 27 heteroatoms. The molecule has 22 nitrogen and oxygen atoms in total. The van der Waals surface area contributed by atoms with Crippen LogP contribution in [0.5, 0.6) is 23.3 Å². The summed E-state index contributed by atoms with van der Waals surface area (Å²) in [5.74, 6) is 1.76. The lowest BCUT2D eigenvalue weighted by molar-refractivity contribution is 0.0120. The maximum atomic E-state index is 12.5. The van der Waals surface area contributed by atoms with Gasteiger partial charge < -0.3 is 53.6 Å². The molecule has 2 saturated carbocycles. The van der Waals surface area contributed by atoms with E-state index in [4.69, 9.17) is 63.2 Å². The number of amides is 2. The van der Waals surface area contributed by atoms with Crippen molar-refractivity contribution < 1.29 is 64.4 Å². The topological polar surface area (TPSA) is 266 Å². The van der Waals surface area contributed by atoms with Crippen molar-refractivity contribution in [2.24, 2.45) is 0 Å². The van der Waals surface area contributed by atoms with Crippen molar-refractivity contribution in [2.75, 3.05) is 51.0 Å². The molecule has 8 rings (SSSR count). The first-order chi connectivity index (χ1) is 36.8. The Morgan fingerprint density at radius 3 is 1.29 bits per heavy atom. The summed E-state index contributed by atoms with van der Waals surface area (Å²) in [5.41, 5.74) is -0.340. The number of nitrogens with zero attached hydrogens (tertiary/aromatic N) is 6. The van der Waals surface area contributed by atoms with Gasteiger partial charge in [-0.05, 0) is 111 Å². The molecule has 0 radical (unpaired) electrons. The fourth-order valence-electron chi connectivity index (χ4n) is 7.79. The van der Waals surface area contributed by atoms with E-state index in [0.29, 0.717) is 106 Å². The molecule has 4 heterocycles. The number of piperidine rings is 2. The number of rotatable bonds is 16. The predicted molar refractivity (Wildman–Crippen MR) is 293 cm³/mol. The fourth-order valence-corrected chi connectivity index (χ4v) is 11.9. The number of carbonyl (C=O) groups excluding carboxylic acids is 3. The molecule has 2 saturated heterocycles. The summed E-state index contributed by atoms with van der Waals surface area (Å²) in [7, 11) is -3.73. The third-order valence-electron chi connectivity index (χ3n) is 11.9. The van der Waals surface area contributed by atoms with Gasteiger partial charge >= 0.3 is 17.6 Å². The van der Waals surface area contributed by atoms with Crippen LogP contribution >= 0.6 is 34.8 Å². The Bertz CT molecular complexity index is 2970. The second-order valence-corrected chi connectivity index (χ2v) is 25.6. The molecule has 2 aliphatic heterocycles. The summed E-state index contributed by atoms with van der Waals surface area (Å²) in [6.45, 7) is 14.7. The summed E-state index contributed by atoms with van der Waals surface area (Å²) in [6.07, 6.45) is 6.60. The average molecular weight is 1190 g/mol. The highest BCUT2D eigenvalue weighted by Crippen LogP contribution is 2.41. The Hall–Kier alpha value is -5.82. The van der Waals surface area contributed by atoms with Gasteiger partial charge in [0.05, 0.1) is 68.1 Å². The predicted octanol–water partition coefficient (Wildman–Crippen LogP) is 10.6. The summed E-state index contributed by atoms with van der Waals surface area (Å²) < 4.78 is 88.3. The van der Waals surface area contributed by atoms with Crippen molar-refractivity contribution in [3.05, 3.63) is 59.1 Å². The highest BCUT2D eigenvalue weighted by atomic mass is 35.5. The van der Waals surface area contributed by atoms with Gasteiger partial charge in [-0.2, -0.15) is 9.97 Å². The monoisotopic (exact) mass is 1180 g/mol. The number of halogens is 3. The number of hydrogen-bond donors (Lipinski definition) is 2. The number of hydrogen-bond acceptors (Lipinski definition) is 20. The quantitative estimate of drug-likeness (QED) is 0.0780. The van der Waals surface area contributed by atoms with E-state index in [2.05, 4.69) is 35.3 Å². The molecule has 428 valence electrons. The number of sulfone groups is 2. The fraction of sp³-hybridized carbons (Fsp3) is 0.549. The standard InChI is InChI=1S/C24H31ClN4O6S.C23H29ClN4O6S.C4H7ClO2/c1-24(2,3)35-23(30)29-11-9-15(10-12-29)34-22-20(33-4)21(26-14-27-22)28-19-8-7-17(13-18(19)25)36(31,32)16-5-6-16;1-14(2)33-23(29)28-10-8-15(9-11-28)34-22-20(32-3)21(25-13-26-22)27-19-7-6-17(12-18(19)24)35(30,31)16-4-5-16;1-3(2)7-4(5)6/h7-8,13-16H,5-6,9-12H2,1-4H3,(H,26,27,28);6-7,12-16H,4-5,8-11H2,1-3H3,(H,25,26,27);3H,1-2H3. The third-order valence-corrected chi connectivity index (χ3v) is 17.2. The van der Waals surface area contributed by atoms with Gasteiger partial charge in [-0.15, -0.1) is 0 Å². The Kier molecular flexibility index (Phi) is 21.2. The minimum atomic E-state index is -3.35. The van der Waals surface area contributed by atoms with E-state index in [-0.39, 0.29) is 84.4 Å². The van der Waals surface area contributed by atoms with E-state index in [9.17, 15) is 31.2 Å². The molecule has 78 heavy (non-hydrogen) atoms. The summed E-state index contributed by atoms with van der Waals surface area (Å²) in [5, 5.41) is 6.03. The van der Waals surface area contributed by atoms with E-state index in [1.807, 2.05) is 34.6 Å². The van der Waals surface area contributed by atoms with Crippen LogP contribution in [0, 0.1) is 0 Å². The number of methoxy groups -OCH3 is 2. The zero-order chi connectivity index (χ0) is 57.1. The molecule has 2 aromatic carbocycles. The van der Waals surface area contributed by atoms with Crippen molar-refractivity contribution in [2.45, 2.75) is 150 Å². The normalized spacial score (nSPS) is 16.2. The average Bonchev–Trinajstić information content (AvgIpc) is 4.31. The van der Waals surface area contributed by atoms with Crippen LogP contribution in [0.15, 0.2) is 58.8 Å². The van der Waals surface area contributed by atoms with Gasteiger partial charge in [0.1, 0.15) is 30.5 Å². The smallest absolute Gasteiger partial charge is 0.410 e. The maximum absolute atomic E-state index is 12.5. The molecule has 2 aromatic heterocycles. The largest absolute Gasteiger partial charge is 0.489 e. The van der Waals surface area contributed by atoms with Crippen molar-refractivity contribution in [1.82, 2.24) is 29.7 Å². The second kappa shape index (κ2) is 26.9. The molecular formula is C51H67Cl3N8O14S2. The van der Waals surface area contributed by atoms with E-state index < -0.39 is 30.7 Å². The molecule has 2 N–H and O–H groups in total. The number of benzene rings is 2. The Balaban J connectivity index is 0.000000225. The molecule has 4 fully saturated rings. The van der Waals surface area contributed by atoms with E-state index >= 15 is 0 Å². The number of aromatic nitrogens is 4. The zero-order valence-electron chi connectivity index (χ0n) is 44.9. The molecule has 0 atom stereocenters. The number of likely N-dealkylation sites (tertiary alicyclic amines) is 2. The third kappa shape index (κ3) is 17.3. The maximum Gasteiger partial charge on any atom is 0.410 e. The van der Waals surface area contributed by atoms with E-state index in [1.165, 1.54) is 51.1 Å².